The van der Waals surface area contributed by atoms with Crippen LogP contribution in [0.4, 0.5) is 17.2 Å². The van der Waals surface area contributed by atoms with Crippen LogP contribution in [0.15, 0.2) is 79.1 Å². The number of imide groups is 2. The third-order valence-electron chi connectivity index (χ3n) is 15.0. The minimum atomic E-state index is -0.979. The lowest BCUT2D eigenvalue weighted by molar-refractivity contribution is -0.136. The van der Waals surface area contributed by atoms with Crippen LogP contribution >= 0.6 is 0 Å². The molecule has 4 N–H and O–H groups in total. The predicted octanol–water partition coefficient (Wildman–Crippen LogP) is 2.78. The van der Waals surface area contributed by atoms with Crippen molar-refractivity contribution >= 4 is 52.6 Å². The number of hydrogen-bond donors (Lipinski definition) is 4. The van der Waals surface area contributed by atoms with E-state index in [0.29, 0.717) is 48.1 Å². The Hall–Kier alpha value is -6.76. The number of aliphatic hydroxyl groups is 1. The maximum atomic E-state index is 13.6. The van der Waals surface area contributed by atoms with E-state index < -0.39 is 35.8 Å². The molecule has 10 rings (SSSR count). The molecule has 0 saturated carbocycles. The van der Waals surface area contributed by atoms with Gasteiger partial charge in [0.15, 0.2) is 0 Å². The first-order chi connectivity index (χ1) is 34.0. The van der Waals surface area contributed by atoms with E-state index in [9.17, 15) is 33.9 Å². The highest BCUT2D eigenvalue weighted by Gasteiger charge is 2.45. The van der Waals surface area contributed by atoms with E-state index in [0.717, 1.165) is 107 Å². The second-order valence-corrected chi connectivity index (χ2v) is 19.6. The molecule has 70 heavy (non-hydrogen) atoms. The van der Waals surface area contributed by atoms with Gasteiger partial charge in [-0.15, -0.1) is 0 Å². The molecular weight excluding hydrogens is 891 g/mol. The van der Waals surface area contributed by atoms with Gasteiger partial charge in [0.05, 0.1) is 17.2 Å². The Morgan fingerprint density at radius 3 is 2.19 bits per heavy atom. The van der Waals surface area contributed by atoms with Crippen LogP contribution in [0.3, 0.4) is 0 Å². The molecule has 6 aliphatic heterocycles. The molecule has 6 aliphatic rings. The van der Waals surface area contributed by atoms with Gasteiger partial charge in [-0.05, 0) is 98.0 Å². The number of piperidine rings is 3. The molecule has 4 saturated heterocycles. The Kier molecular flexibility index (Phi) is 13.9. The monoisotopic (exact) mass is 951 g/mol. The number of piperazine rings is 1. The van der Waals surface area contributed by atoms with Gasteiger partial charge >= 0.3 is 0 Å². The SMILES string of the molecule is O=C1CCC(N2C(=O)c3ccc(N4CCN(CC5CCN(c6ccc(C(=O)N7CCC(Nc8cc(C(=O)NC[C@H](O)CN9CCc%10ccccc%10C9)ncn8)CC7)cc6)CC5)CC4)cc3C2=O)C(=O)N1. The van der Waals surface area contributed by atoms with Crippen molar-refractivity contribution in [2.45, 2.75) is 69.7 Å². The van der Waals surface area contributed by atoms with Crippen molar-refractivity contribution < 1.29 is 33.9 Å². The molecule has 1 aromatic heterocycles. The zero-order chi connectivity index (χ0) is 48.3. The van der Waals surface area contributed by atoms with Crippen molar-refractivity contribution in [1.29, 1.82) is 0 Å². The molecular formula is C52H61N11O7. The fraction of sp³-hybridized carbons (Fsp3) is 0.462. The topological polar surface area (TPSA) is 204 Å². The van der Waals surface area contributed by atoms with Gasteiger partial charge in [-0.25, -0.2) is 9.97 Å². The van der Waals surface area contributed by atoms with Crippen LogP contribution in [-0.4, -0.2) is 167 Å². The maximum absolute atomic E-state index is 13.6. The van der Waals surface area contributed by atoms with Gasteiger partial charge in [-0.2, -0.15) is 0 Å². The lowest BCUT2D eigenvalue weighted by Gasteiger charge is -2.40. The van der Waals surface area contributed by atoms with E-state index >= 15 is 0 Å². The van der Waals surface area contributed by atoms with Gasteiger partial charge < -0.3 is 30.4 Å². The number of nitrogens with zero attached hydrogens (tertiary/aromatic N) is 8. The van der Waals surface area contributed by atoms with Crippen molar-refractivity contribution in [2.75, 3.05) is 93.7 Å². The molecule has 0 spiro atoms. The van der Waals surface area contributed by atoms with Gasteiger partial charge in [-0.1, -0.05) is 24.3 Å². The summed E-state index contributed by atoms with van der Waals surface area (Å²) in [6, 6.07) is 22.4. The third-order valence-corrected chi connectivity index (χ3v) is 15.0. The van der Waals surface area contributed by atoms with Gasteiger partial charge in [0, 0.05) is 121 Å². The Labute approximate surface area is 407 Å². The smallest absolute Gasteiger partial charge is 0.270 e. The summed E-state index contributed by atoms with van der Waals surface area (Å²) in [5, 5.41) is 19.2. The maximum Gasteiger partial charge on any atom is 0.270 e. The van der Waals surface area contributed by atoms with Crippen molar-refractivity contribution in [2.24, 2.45) is 5.92 Å². The number of carbonyl (C=O) groups excluding carboxylic acids is 6. The highest BCUT2D eigenvalue weighted by atomic mass is 16.3. The summed E-state index contributed by atoms with van der Waals surface area (Å²) in [7, 11) is 0. The number of aliphatic hydroxyl groups excluding tert-OH is 1. The standard InChI is InChI=1S/C52H61N11O7/c64-41(32-59-18-15-35-3-1-2-4-37(35)31-59)29-53-48(66)44-28-46(55-33-54-44)56-38-16-21-62(22-17-38)50(68)36-5-7-39(8-6-36)60-19-13-34(14-20-60)30-58-23-25-61(26-24-58)40-9-10-42-43(27-40)52(70)63(51(42)69)45-11-12-47(65)57-49(45)67/h1-10,27-28,33-34,38,41,45,64H,11-26,29-32H2,(H,53,66)(H,54,55,56)(H,57,65,67)/t41-,45?/m0/s1. The van der Waals surface area contributed by atoms with Crippen LogP contribution in [0.1, 0.15) is 91.2 Å². The highest BCUT2D eigenvalue weighted by Crippen LogP contribution is 2.32. The Bertz CT molecular complexity index is 2620. The van der Waals surface area contributed by atoms with E-state index in [-0.39, 0.29) is 42.9 Å². The number of benzene rings is 3. The van der Waals surface area contributed by atoms with Gasteiger partial charge in [-0.3, -0.25) is 48.8 Å². The predicted molar refractivity (Wildman–Crippen MR) is 261 cm³/mol. The van der Waals surface area contributed by atoms with Crippen LogP contribution in [0.2, 0.25) is 0 Å². The molecule has 0 aliphatic carbocycles. The molecule has 0 bridgehead atoms. The van der Waals surface area contributed by atoms with Crippen LogP contribution < -0.4 is 25.8 Å². The van der Waals surface area contributed by atoms with Crippen LogP contribution in [0, 0.1) is 5.92 Å². The largest absolute Gasteiger partial charge is 0.390 e. The summed E-state index contributed by atoms with van der Waals surface area (Å²) in [5.74, 6) is -1.20. The molecule has 2 atom stereocenters. The van der Waals surface area contributed by atoms with Crippen molar-refractivity contribution in [1.82, 2.24) is 40.2 Å². The number of hydrogen-bond acceptors (Lipinski definition) is 14. The zero-order valence-corrected chi connectivity index (χ0v) is 39.4. The molecule has 18 heteroatoms. The van der Waals surface area contributed by atoms with Gasteiger partial charge in [0.2, 0.25) is 11.8 Å². The second-order valence-electron chi connectivity index (χ2n) is 19.6. The van der Waals surface area contributed by atoms with E-state index in [1.54, 1.807) is 18.2 Å². The van der Waals surface area contributed by atoms with Crippen molar-refractivity contribution in [3.63, 3.8) is 0 Å². The Morgan fingerprint density at radius 2 is 1.43 bits per heavy atom. The number of likely N-dealkylation sites (tertiary alicyclic amines) is 1. The fourth-order valence-electron chi connectivity index (χ4n) is 11.0. The number of aromatic nitrogens is 2. The highest BCUT2D eigenvalue weighted by molar-refractivity contribution is 6.23. The lowest BCUT2D eigenvalue weighted by atomic mass is 9.95. The first-order valence-electron chi connectivity index (χ1n) is 24.8. The Balaban J connectivity index is 0.624. The number of β-amino-alcohol motifs (C(OH)–C–C–N with tert-alkyl or cyclic N) is 1. The molecule has 18 nitrogen and oxygen atoms in total. The summed E-state index contributed by atoms with van der Waals surface area (Å²) >= 11 is 0. The van der Waals surface area contributed by atoms with E-state index in [4.69, 9.17) is 0 Å². The minimum Gasteiger partial charge on any atom is -0.390 e. The molecule has 1 unspecified atom stereocenters. The number of rotatable bonds is 13. The number of fused-ring (bicyclic) bond motifs is 2. The zero-order valence-electron chi connectivity index (χ0n) is 39.4. The third kappa shape index (κ3) is 10.4. The molecule has 4 fully saturated rings. The average Bonchev–Trinajstić information content (AvgIpc) is 3.63. The first kappa shape index (κ1) is 46.9. The van der Waals surface area contributed by atoms with E-state index in [1.807, 2.05) is 29.2 Å². The molecule has 366 valence electrons. The summed E-state index contributed by atoms with van der Waals surface area (Å²) in [6.45, 7) is 9.76. The first-order valence-corrected chi connectivity index (χ1v) is 24.8. The number of carbonyl (C=O) groups is 6. The average molecular weight is 952 g/mol. The summed E-state index contributed by atoms with van der Waals surface area (Å²) in [5.41, 5.74) is 6.14. The van der Waals surface area contributed by atoms with Crippen LogP contribution in [0.25, 0.3) is 0 Å². The lowest BCUT2D eigenvalue weighted by Crippen LogP contribution is -2.54. The number of amides is 6. The van der Waals surface area contributed by atoms with Gasteiger partial charge in [0.1, 0.15) is 23.9 Å². The molecule has 3 aromatic carbocycles. The quantitative estimate of drug-likeness (QED) is 0.143. The normalized spacial score (nSPS) is 21.1. The van der Waals surface area contributed by atoms with Crippen molar-refractivity contribution in [3.05, 3.63) is 113 Å². The summed E-state index contributed by atoms with van der Waals surface area (Å²) in [4.78, 5) is 98.0. The van der Waals surface area contributed by atoms with Crippen LogP contribution in [-0.2, 0) is 22.6 Å². The van der Waals surface area contributed by atoms with Crippen molar-refractivity contribution in [3.8, 4) is 0 Å². The summed E-state index contributed by atoms with van der Waals surface area (Å²) in [6.07, 6.45) is 5.46. The summed E-state index contributed by atoms with van der Waals surface area (Å²) < 4.78 is 0. The minimum absolute atomic E-state index is 0.0216. The van der Waals surface area contributed by atoms with E-state index in [1.165, 1.54) is 17.5 Å². The van der Waals surface area contributed by atoms with Gasteiger partial charge in [0.25, 0.3) is 23.6 Å². The molecule has 4 aromatic rings. The second kappa shape index (κ2) is 20.7. The fourth-order valence-corrected chi connectivity index (χ4v) is 11.0. The molecule has 0 radical (unpaired) electrons. The molecule has 7 heterocycles. The number of nitrogens with one attached hydrogen (secondary N) is 3. The van der Waals surface area contributed by atoms with E-state index in [2.05, 4.69) is 75.8 Å². The number of anilines is 3. The van der Waals surface area contributed by atoms with Crippen LogP contribution in [0.5, 0.6) is 0 Å². The Morgan fingerprint density at radius 1 is 0.714 bits per heavy atom. The molecule has 6 amide bonds.